The number of carbonyl (C=O) groups is 2. The lowest BCUT2D eigenvalue weighted by molar-refractivity contribution is -0.136. The Bertz CT molecular complexity index is 685. The third-order valence-electron chi connectivity index (χ3n) is 3.03. The molecule has 1 saturated heterocycles. The maximum Gasteiger partial charge on any atom is 0.251 e. The topological polar surface area (TPSA) is 62.3 Å². The van der Waals surface area contributed by atoms with Gasteiger partial charge in [0.25, 0.3) is 5.91 Å². The van der Waals surface area contributed by atoms with Crippen molar-refractivity contribution in [2.45, 2.75) is 12.5 Å². The fourth-order valence-electron chi connectivity index (χ4n) is 1.98. The summed E-state index contributed by atoms with van der Waals surface area (Å²) in [6.07, 6.45) is 0.125. The first kappa shape index (κ1) is 12.0. The molecule has 0 bridgehead atoms. The quantitative estimate of drug-likeness (QED) is 0.848. The normalized spacial score (nSPS) is 19.5. The van der Waals surface area contributed by atoms with E-state index in [1.165, 1.54) is 30.5 Å². The minimum atomic E-state index is -0.581. The minimum Gasteiger partial charge on any atom is -0.349 e. The SMILES string of the molecule is CN1C(=O)CC(Nc2nc3ccc(F)cc3s2)C1=O. The maximum atomic E-state index is 13.1. The van der Waals surface area contributed by atoms with Crippen molar-refractivity contribution in [3.63, 3.8) is 0 Å². The van der Waals surface area contributed by atoms with E-state index < -0.39 is 6.04 Å². The summed E-state index contributed by atoms with van der Waals surface area (Å²) in [6, 6.07) is 3.73. The van der Waals surface area contributed by atoms with Crippen molar-refractivity contribution < 1.29 is 14.0 Å². The second kappa shape index (κ2) is 4.27. The van der Waals surface area contributed by atoms with Crippen molar-refractivity contribution in [1.82, 2.24) is 9.88 Å². The van der Waals surface area contributed by atoms with Gasteiger partial charge in [-0.3, -0.25) is 14.5 Å². The zero-order valence-electron chi connectivity index (χ0n) is 10.0. The van der Waals surface area contributed by atoms with Gasteiger partial charge in [0.05, 0.1) is 16.6 Å². The number of carbonyl (C=O) groups excluding carboxylic acids is 2. The van der Waals surface area contributed by atoms with E-state index in [1.54, 1.807) is 6.07 Å². The Morgan fingerprint density at radius 3 is 2.95 bits per heavy atom. The van der Waals surface area contributed by atoms with E-state index in [9.17, 15) is 14.0 Å². The molecule has 2 aromatic rings. The van der Waals surface area contributed by atoms with E-state index in [2.05, 4.69) is 10.3 Å². The van der Waals surface area contributed by atoms with Gasteiger partial charge >= 0.3 is 0 Å². The Balaban J connectivity index is 1.86. The summed E-state index contributed by atoms with van der Waals surface area (Å²) in [5.41, 5.74) is 0.666. The number of likely N-dealkylation sites (N-methyl/N-ethyl adjacent to an activating group) is 1. The van der Waals surface area contributed by atoms with Crippen LogP contribution in [-0.4, -0.2) is 34.8 Å². The number of aromatic nitrogens is 1. The van der Waals surface area contributed by atoms with Crippen molar-refractivity contribution >= 4 is 38.5 Å². The molecule has 2 heterocycles. The predicted octanol–water partition coefficient (Wildman–Crippen LogP) is 1.60. The van der Waals surface area contributed by atoms with Crippen LogP contribution in [0, 0.1) is 5.82 Å². The second-order valence-corrected chi connectivity index (χ2v) is 5.35. The molecule has 0 radical (unpaired) electrons. The lowest BCUT2D eigenvalue weighted by atomic mass is 10.2. The standard InChI is InChI=1S/C12H10FN3O2S/c1-16-10(17)5-8(11(16)18)15-12-14-7-3-2-6(13)4-9(7)19-12/h2-4,8H,5H2,1H3,(H,14,15). The van der Waals surface area contributed by atoms with Gasteiger partial charge in [-0.05, 0) is 18.2 Å². The zero-order valence-corrected chi connectivity index (χ0v) is 10.8. The highest BCUT2D eigenvalue weighted by atomic mass is 32.1. The average molecular weight is 279 g/mol. The molecule has 1 aliphatic rings. The minimum absolute atomic E-state index is 0.125. The third kappa shape index (κ3) is 2.06. The van der Waals surface area contributed by atoms with Crippen LogP contribution in [0.2, 0.25) is 0 Å². The molecule has 1 aromatic heterocycles. The van der Waals surface area contributed by atoms with Gasteiger partial charge in [-0.1, -0.05) is 11.3 Å². The van der Waals surface area contributed by atoms with E-state index in [0.29, 0.717) is 15.3 Å². The smallest absolute Gasteiger partial charge is 0.251 e. The molecule has 1 fully saturated rings. The molecule has 98 valence electrons. The molecule has 1 unspecified atom stereocenters. The van der Waals surface area contributed by atoms with Crippen LogP contribution in [0.5, 0.6) is 0 Å². The van der Waals surface area contributed by atoms with E-state index >= 15 is 0 Å². The number of thiazole rings is 1. The second-order valence-electron chi connectivity index (χ2n) is 4.32. The number of benzene rings is 1. The van der Waals surface area contributed by atoms with Crippen molar-refractivity contribution in [3.8, 4) is 0 Å². The van der Waals surface area contributed by atoms with E-state index in [4.69, 9.17) is 0 Å². The van der Waals surface area contributed by atoms with Crippen molar-refractivity contribution in [2.24, 2.45) is 0 Å². The van der Waals surface area contributed by atoms with Gasteiger partial charge in [0.15, 0.2) is 5.13 Å². The lowest BCUT2D eigenvalue weighted by Crippen LogP contribution is -2.31. The van der Waals surface area contributed by atoms with E-state index in [-0.39, 0.29) is 24.1 Å². The molecular weight excluding hydrogens is 269 g/mol. The van der Waals surface area contributed by atoms with Gasteiger partial charge < -0.3 is 5.32 Å². The molecule has 0 saturated carbocycles. The van der Waals surface area contributed by atoms with Crippen LogP contribution >= 0.6 is 11.3 Å². The van der Waals surface area contributed by atoms with Crippen LogP contribution in [0.3, 0.4) is 0 Å². The summed E-state index contributed by atoms with van der Waals surface area (Å²) in [4.78, 5) is 28.5. The number of amides is 2. The molecule has 1 aliphatic heterocycles. The van der Waals surface area contributed by atoms with Gasteiger partial charge in [0.2, 0.25) is 5.91 Å². The number of rotatable bonds is 2. The van der Waals surface area contributed by atoms with Crippen molar-refractivity contribution in [1.29, 1.82) is 0 Å². The van der Waals surface area contributed by atoms with E-state index in [0.717, 1.165) is 4.90 Å². The first-order valence-electron chi connectivity index (χ1n) is 5.67. The number of likely N-dealkylation sites (tertiary alicyclic amines) is 1. The number of imide groups is 1. The largest absolute Gasteiger partial charge is 0.349 e. The van der Waals surface area contributed by atoms with Gasteiger partial charge in [-0.25, -0.2) is 9.37 Å². The number of nitrogens with one attached hydrogen (secondary N) is 1. The third-order valence-corrected chi connectivity index (χ3v) is 3.98. The van der Waals surface area contributed by atoms with E-state index in [1.807, 2.05) is 0 Å². The molecule has 0 aliphatic carbocycles. The van der Waals surface area contributed by atoms with Gasteiger partial charge in [0, 0.05) is 7.05 Å². The Hall–Kier alpha value is -2.02. The Morgan fingerprint density at radius 2 is 2.26 bits per heavy atom. The molecular formula is C12H10FN3O2S. The highest BCUT2D eigenvalue weighted by Gasteiger charge is 2.36. The fraction of sp³-hybridized carbons (Fsp3) is 0.250. The molecule has 3 rings (SSSR count). The highest BCUT2D eigenvalue weighted by molar-refractivity contribution is 7.22. The van der Waals surface area contributed by atoms with Crippen LogP contribution < -0.4 is 5.32 Å². The molecule has 2 amide bonds. The molecule has 7 heteroatoms. The summed E-state index contributed by atoms with van der Waals surface area (Å²) < 4.78 is 13.8. The maximum absolute atomic E-state index is 13.1. The Labute approximate surface area is 112 Å². The molecule has 5 nitrogen and oxygen atoms in total. The zero-order chi connectivity index (χ0) is 13.6. The summed E-state index contributed by atoms with van der Waals surface area (Å²) >= 11 is 1.26. The van der Waals surface area contributed by atoms with Crippen LogP contribution in [0.1, 0.15) is 6.42 Å². The fourth-order valence-corrected chi connectivity index (χ4v) is 2.92. The Morgan fingerprint density at radius 1 is 1.47 bits per heavy atom. The predicted molar refractivity (Wildman–Crippen MR) is 69.4 cm³/mol. The van der Waals surface area contributed by atoms with Crippen LogP contribution in [0.4, 0.5) is 9.52 Å². The number of hydrogen-bond acceptors (Lipinski definition) is 5. The van der Waals surface area contributed by atoms with Gasteiger partial charge in [0.1, 0.15) is 11.9 Å². The van der Waals surface area contributed by atoms with Gasteiger partial charge in [-0.15, -0.1) is 0 Å². The summed E-state index contributed by atoms with van der Waals surface area (Å²) in [6.45, 7) is 0. The number of halogens is 1. The number of fused-ring (bicyclic) bond motifs is 1. The van der Waals surface area contributed by atoms with Crippen molar-refractivity contribution in [3.05, 3.63) is 24.0 Å². The molecule has 1 atom stereocenters. The molecule has 19 heavy (non-hydrogen) atoms. The monoisotopic (exact) mass is 279 g/mol. The summed E-state index contributed by atoms with van der Waals surface area (Å²) in [5, 5.41) is 3.45. The van der Waals surface area contributed by atoms with Crippen LogP contribution in [-0.2, 0) is 9.59 Å². The number of anilines is 1. The lowest BCUT2D eigenvalue weighted by Gasteiger charge is -2.09. The highest BCUT2D eigenvalue weighted by Crippen LogP contribution is 2.28. The number of hydrogen-bond donors (Lipinski definition) is 1. The number of nitrogens with zero attached hydrogens (tertiary/aromatic N) is 2. The summed E-state index contributed by atoms with van der Waals surface area (Å²) in [5.74, 6) is -0.806. The van der Waals surface area contributed by atoms with Gasteiger partial charge in [-0.2, -0.15) is 0 Å². The Kier molecular flexibility index (Phi) is 2.70. The average Bonchev–Trinajstić information content (AvgIpc) is 2.86. The first-order valence-corrected chi connectivity index (χ1v) is 6.49. The summed E-state index contributed by atoms with van der Waals surface area (Å²) in [7, 11) is 1.46. The van der Waals surface area contributed by atoms with Crippen molar-refractivity contribution in [2.75, 3.05) is 12.4 Å². The van der Waals surface area contributed by atoms with Crippen LogP contribution in [0.25, 0.3) is 10.2 Å². The van der Waals surface area contributed by atoms with Crippen LogP contribution in [0.15, 0.2) is 18.2 Å². The molecule has 1 aromatic carbocycles. The first-order chi connectivity index (χ1) is 9.04. The molecule has 1 N–H and O–H groups in total. The molecule has 0 spiro atoms.